The summed E-state index contributed by atoms with van der Waals surface area (Å²) in [6.07, 6.45) is -0.473. The number of hydrogen-bond donors (Lipinski definition) is 1. The number of benzene rings is 2. The molecule has 1 nitrogen and oxygen atoms in total. The van der Waals surface area contributed by atoms with Crippen LogP contribution in [0.2, 0.25) is 10.0 Å². The highest BCUT2D eigenvalue weighted by Gasteiger charge is 2.11. The Kier molecular flexibility index (Phi) is 4.23. The van der Waals surface area contributed by atoms with Crippen molar-refractivity contribution in [3.8, 4) is 0 Å². The zero-order chi connectivity index (χ0) is 13.1. The monoisotopic (exact) mass is 284 g/mol. The van der Waals surface area contributed by atoms with Crippen LogP contribution in [0.1, 0.15) is 17.2 Å². The molecule has 18 heavy (non-hydrogen) atoms. The van der Waals surface area contributed by atoms with Gasteiger partial charge in [-0.2, -0.15) is 0 Å². The van der Waals surface area contributed by atoms with Gasteiger partial charge in [0.05, 0.1) is 6.10 Å². The lowest BCUT2D eigenvalue weighted by atomic mass is 10.0. The van der Waals surface area contributed by atoms with E-state index in [4.69, 9.17) is 23.2 Å². The molecule has 2 aromatic rings. The summed E-state index contributed by atoms with van der Waals surface area (Å²) in [5.41, 5.74) is 1.30. The van der Waals surface area contributed by atoms with Gasteiger partial charge in [-0.25, -0.2) is 4.39 Å². The molecule has 0 spiro atoms. The maximum atomic E-state index is 13.1. The molecule has 0 saturated heterocycles. The lowest BCUT2D eigenvalue weighted by Gasteiger charge is -2.12. The summed E-state index contributed by atoms with van der Waals surface area (Å²) >= 11 is 11.7. The van der Waals surface area contributed by atoms with Gasteiger partial charge >= 0.3 is 0 Å². The molecule has 0 aliphatic rings. The van der Waals surface area contributed by atoms with Gasteiger partial charge in [-0.05, 0) is 41.5 Å². The molecule has 0 bridgehead atoms. The molecule has 94 valence electrons. The largest absolute Gasteiger partial charge is 0.388 e. The van der Waals surface area contributed by atoms with Crippen LogP contribution in [0.4, 0.5) is 4.39 Å². The number of rotatable bonds is 3. The van der Waals surface area contributed by atoms with Gasteiger partial charge in [0.2, 0.25) is 0 Å². The van der Waals surface area contributed by atoms with Crippen LogP contribution in [0.5, 0.6) is 0 Å². The summed E-state index contributed by atoms with van der Waals surface area (Å²) in [4.78, 5) is 0. The van der Waals surface area contributed by atoms with E-state index in [9.17, 15) is 9.50 Å². The highest BCUT2D eigenvalue weighted by atomic mass is 35.5. The Morgan fingerprint density at radius 3 is 2.39 bits per heavy atom. The van der Waals surface area contributed by atoms with Crippen molar-refractivity contribution in [2.24, 2.45) is 0 Å². The third-order valence-corrected chi connectivity index (χ3v) is 3.30. The van der Waals surface area contributed by atoms with Crippen LogP contribution in [0, 0.1) is 5.82 Å². The second kappa shape index (κ2) is 5.70. The highest BCUT2D eigenvalue weighted by molar-refractivity contribution is 6.31. The summed E-state index contributed by atoms with van der Waals surface area (Å²) in [5.74, 6) is -0.363. The van der Waals surface area contributed by atoms with Crippen LogP contribution in [-0.2, 0) is 6.42 Å². The molecule has 4 heteroatoms. The summed E-state index contributed by atoms with van der Waals surface area (Å²) in [5, 5.41) is 11.1. The van der Waals surface area contributed by atoms with Gasteiger partial charge in [-0.1, -0.05) is 35.3 Å². The van der Waals surface area contributed by atoms with Gasteiger partial charge in [0.15, 0.2) is 0 Å². The average Bonchev–Trinajstić information content (AvgIpc) is 2.34. The molecule has 0 aliphatic carbocycles. The fraction of sp³-hybridized carbons (Fsp3) is 0.143. The van der Waals surface area contributed by atoms with E-state index in [1.807, 2.05) is 0 Å². The molecule has 0 aromatic heterocycles. The molecule has 2 aromatic carbocycles. The Balaban J connectivity index is 2.18. The predicted octanol–water partition coefficient (Wildman–Crippen LogP) is 4.41. The fourth-order valence-electron chi connectivity index (χ4n) is 1.71. The molecule has 0 saturated carbocycles. The zero-order valence-electron chi connectivity index (χ0n) is 9.41. The van der Waals surface area contributed by atoms with Crippen molar-refractivity contribution in [3.63, 3.8) is 0 Å². The second-order valence-electron chi connectivity index (χ2n) is 4.01. The minimum absolute atomic E-state index is 0.262. The number of aliphatic hydroxyl groups excluding tert-OH is 1. The van der Waals surface area contributed by atoms with E-state index in [0.29, 0.717) is 15.6 Å². The number of halogens is 3. The van der Waals surface area contributed by atoms with E-state index < -0.39 is 6.10 Å². The van der Waals surface area contributed by atoms with Crippen molar-refractivity contribution < 1.29 is 9.50 Å². The van der Waals surface area contributed by atoms with E-state index >= 15 is 0 Å². The first kappa shape index (κ1) is 13.3. The van der Waals surface area contributed by atoms with Gasteiger partial charge < -0.3 is 5.11 Å². The zero-order valence-corrected chi connectivity index (χ0v) is 10.9. The Morgan fingerprint density at radius 1 is 1.06 bits per heavy atom. The molecular formula is C14H11Cl2FO. The van der Waals surface area contributed by atoms with E-state index in [1.54, 1.807) is 24.3 Å². The van der Waals surface area contributed by atoms with Gasteiger partial charge in [-0.15, -0.1) is 0 Å². The second-order valence-corrected chi connectivity index (χ2v) is 4.85. The third kappa shape index (κ3) is 3.22. The van der Waals surface area contributed by atoms with E-state index in [-0.39, 0.29) is 12.2 Å². The average molecular weight is 285 g/mol. The van der Waals surface area contributed by atoms with Crippen LogP contribution in [0.25, 0.3) is 0 Å². The topological polar surface area (TPSA) is 20.2 Å². The first-order valence-corrected chi connectivity index (χ1v) is 6.19. The van der Waals surface area contributed by atoms with E-state index in [1.165, 1.54) is 18.2 Å². The van der Waals surface area contributed by atoms with Crippen LogP contribution >= 0.6 is 23.2 Å². The van der Waals surface area contributed by atoms with Crippen molar-refractivity contribution in [1.82, 2.24) is 0 Å². The maximum Gasteiger partial charge on any atom is 0.123 e. The van der Waals surface area contributed by atoms with Crippen LogP contribution in [0.15, 0.2) is 42.5 Å². The minimum Gasteiger partial charge on any atom is -0.388 e. The number of aliphatic hydroxyl groups is 1. The quantitative estimate of drug-likeness (QED) is 0.885. The van der Waals surface area contributed by atoms with Crippen molar-refractivity contribution in [2.45, 2.75) is 12.5 Å². The van der Waals surface area contributed by atoms with Gasteiger partial charge in [0, 0.05) is 16.5 Å². The molecule has 0 heterocycles. The van der Waals surface area contributed by atoms with Crippen LogP contribution in [-0.4, -0.2) is 5.11 Å². The van der Waals surface area contributed by atoms with E-state index in [2.05, 4.69) is 0 Å². The summed E-state index contributed by atoms with van der Waals surface area (Å²) in [7, 11) is 0. The standard InChI is InChI=1S/C14H11Cl2FO/c15-11-3-1-9(2-4-11)14(18)8-10-7-12(17)5-6-13(10)16/h1-7,14,18H,8H2. The Bertz CT molecular complexity index is 540. The molecule has 0 radical (unpaired) electrons. The first-order chi connectivity index (χ1) is 8.56. The molecule has 0 amide bonds. The lowest BCUT2D eigenvalue weighted by molar-refractivity contribution is 0.178. The molecule has 1 atom stereocenters. The van der Waals surface area contributed by atoms with Crippen molar-refractivity contribution in [1.29, 1.82) is 0 Å². The van der Waals surface area contributed by atoms with Crippen LogP contribution < -0.4 is 0 Å². The molecule has 1 N–H and O–H groups in total. The predicted molar refractivity (Wildman–Crippen MR) is 71.5 cm³/mol. The molecule has 0 aliphatic heterocycles. The van der Waals surface area contributed by atoms with E-state index in [0.717, 1.165) is 5.56 Å². The fourth-order valence-corrected chi connectivity index (χ4v) is 2.03. The highest BCUT2D eigenvalue weighted by Crippen LogP contribution is 2.25. The minimum atomic E-state index is -0.735. The normalized spacial score (nSPS) is 12.4. The lowest BCUT2D eigenvalue weighted by Crippen LogP contribution is -2.02. The van der Waals surface area contributed by atoms with Gasteiger partial charge in [0.1, 0.15) is 5.82 Å². The number of hydrogen-bond acceptors (Lipinski definition) is 1. The molecular weight excluding hydrogens is 274 g/mol. The van der Waals surface area contributed by atoms with Gasteiger partial charge in [0.25, 0.3) is 0 Å². The van der Waals surface area contributed by atoms with Crippen molar-refractivity contribution in [3.05, 3.63) is 69.5 Å². The maximum absolute atomic E-state index is 13.1. The third-order valence-electron chi connectivity index (χ3n) is 2.68. The van der Waals surface area contributed by atoms with Crippen molar-refractivity contribution in [2.75, 3.05) is 0 Å². The molecule has 2 rings (SSSR count). The van der Waals surface area contributed by atoms with Crippen molar-refractivity contribution >= 4 is 23.2 Å². The molecule has 0 fully saturated rings. The Labute approximate surface area is 115 Å². The summed E-state index contributed by atoms with van der Waals surface area (Å²) in [6.45, 7) is 0. The smallest absolute Gasteiger partial charge is 0.123 e. The molecule has 1 unspecified atom stereocenters. The first-order valence-electron chi connectivity index (χ1n) is 5.44. The van der Waals surface area contributed by atoms with Gasteiger partial charge in [-0.3, -0.25) is 0 Å². The van der Waals surface area contributed by atoms with Crippen LogP contribution in [0.3, 0.4) is 0 Å². The summed E-state index contributed by atoms with van der Waals surface area (Å²) in [6, 6.07) is 11.0. The Morgan fingerprint density at radius 2 is 1.72 bits per heavy atom. The summed E-state index contributed by atoms with van der Waals surface area (Å²) < 4.78 is 13.1. The SMILES string of the molecule is OC(Cc1cc(F)ccc1Cl)c1ccc(Cl)cc1. The Hall–Kier alpha value is -1.09.